The molecule has 0 saturated carbocycles. The molecule has 2 N–H and O–H groups in total. The Morgan fingerprint density at radius 1 is 1.25 bits per heavy atom. The zero-order valence-corrected chi connectivity index (χ0v) is 17.0. The van der Waals surface area contributed by atoms with Gasteiger partial charge in [0.05, 0.1) is 5.39 Å². The van der Waals surface area contributed by atoms with Crippen molar-refractivity contribution in [1.82, 2.24) is 9.97 Å². The zero-order chi connectivity index (χ0) is 19.5. The second-order valence-corrected chi connectivity index (χ2v) is 8.44. The molecule has 5 nitrogen and oxygen atoms in total. The number of aromatic amines is 1. The number of nitrogens with one attached hydrogen (secondary N) is 2. The predicted molar refractivity (Wildman–Crippen MR) is 114 cm³/mol. The van der Waals surface area contributed by atoms with Crippen LogP contribution < -0.4 is 10.9 Å². The van der Waals surface area contributed by atoms with Crippen molar-refractivity contribution < 1.29 is 4.79 Å². The molecule has 1 amide bonds. The highest BCUT2D eigenvalue weighted by molar-refractivity contribution is 7.18. The number of hydrogen-bond acceptors (Lipinski definition) is 4. The molecule has 1 aromatic carbocycles. The highest BCUT2D eigenvalue weighted by atomic mass is 32.1. The quantitative estimate of drug-likeness (QED) is 0.629. The average molecular weight is 396 g/mol. The summed E-state index contributed by atoms with van der Waals surface area (Å²) in [6, 6.07) is 7.87. The van der Waals surface area contributed by atoms with E-state index < -0.39 is 0 Å². The number of H-pyrrole nitrogens is 1. The molecule has 0 bridgehead atoms. The van der Waals surface area contributed by atoms with Crippen LogP contribution in [0.15, 0.2) is 29.1 Å². The first-order valence-electron chi connectivity index (χ1n) is 10.1. The molecule has 4 rings (SSSR count). The normalized spacial score (nSPS) is 13.9. The topological polar surface area (TPSA) is 74.8 Å². The van der Waals surface area contributed by atoms with Crippen LogP contribution in [0.5, 0.6) is 0 Å². The molecule has 0 fully saturated rings. The van der Waals surface area contributed by atoms with Crippen LogP contribution in [0.1, 0.15) is 54.4 Å². The number of rotatable bonds is 5. The number of carbonyl (C=O) groups excluding carboxylic acids is 1. The largest absolute Gasteiger partial charge is 0.326 e. The fraction of sp³-hybridized carbons (Fsp3) is 0.409. The van der Waals surface area contributed by atoms with Crippen molar-refractivity contribution in [2.75, 3.05) is 5.32 Å². The van der Waals surface area contributed by atoms with Crippen LogP contribution in [0, 0.1) is 0 Å². The zero-order valence-electron chi connectivity index (χ0n) is 16.1. The lowest BCUT2D eigenvalue weighted by atomic mass is 10.1. The van der Waals surface area contributed by atoms with Gasteiger partial charge in [-0.15, -0.1) is 11.3 Å². The third-order valence-electron chi connectivity index (χ3n) is 5.33. The Balaban J connectivity index is 1.47. The van der Waals surface area contributed by atoms with Gasteiger partial charge in [0.1, 0.15) is 10.7 Å². The van der Waals surface area contributed by atoms with Gasteiger partial charge in [0.15, 0.2) is 0 Å². The number of amides is 1. The maximum atomic E-state index is 12.7. The van der Waals surface area contributed by atoms with Crippen molar-refractivity contribution in [3.63, 3.8) is 0 Å². The van der Waals surface area contributed by atoms with Gasteiger partial charge >= 0.3 is 0 Å². The summed E-state index contributed by atoms with van der Waals surface area (Å²) in [4.78, 5) is 34.7. The molecule has 6 heteroatoms. The van der Waals surface area contributed by atoms with Crippen LogP contribution in [0.25, 0.3) is 10.2 Å². The number of carbonyl (C=O) groups is 1. The Morgan fingerprint density at radius 3 is 2.96 bits per heavy atom. The molecular weight excluding hydrogens is 370 g/mol. The third-order valence-corrected chi connectivity index (χ3v) is 6.52. The molecular formula is C22H25N3O2S. The lowest BCUT2D eigenvalue weighted by Crippen LogP contribution is -2.16. The monoisotopic (exact) mass is 395 g/mol. The van der Waals surface area contributed by atoms with Gasteiger partial charge in [0, 0.05) is 23.4 Å². The first-order chi connectivity index (χ1) is 13.6. The van der Waals surface area contributed by atoms with Gasteiger partial charge in [-0.25, -0.2) is 4.98 Å². The standard InChI is InChI=1S/C22H25N3O2S/c1-2-14-7-6-8-15(13-14)23-19(26)12-11-18-24-21(27)20-16-9-4-3-5-10-17(16)28-22(20)25-18/h6-8,13H,2-5,9-12H2,1H3,(H,23,26)(H,24,25,27). The smallest absolute Gasteiger partial charge is 0.259 e. The van der Waals surface area contributed by atoms with Crippen molar-refractivity contribution in [3.05, 3.63) is 56.4 Å². The number of anilines is 1. The van der Waals surface area contributed by atoms with E-state index in [1.807, 2.05) is 24.3 Å². The Bertz CT molecular complexity index is 1070. The van der Waals surface area contributed by atoms with Crippen molar-refractivity contribution in [1.29, 1.82) is 0 Å². The summed E-state index contributed by atoms with van der Waals surface area (Å²) in [6.07, 6.45) is 7.21. The Kier molecular flexibility index (Phi) is 5.57. The van der Waals surface area contributed by atoms with E-state index in [0.29, 0.717) is 12.2 Å². The predicted octanol–water partition coefficient (Wildman–Crippen LogP) is 4.39. The molecule has 1 aliphatic carbocycles. The fourth-order valence-corrected chi connectivity index (χ4v) is 5.11. The molecule has 2 aromatic heterocycles. The van der Waals surface area contributed by atoms with Crippen molar-refractivity contribution >= 4 is 33.1 Å². The van der Waals surface area contributed by atoms with Crippen molar-refractivity contribution in [2.45, 2.75) is 58.3 Å². The van der Waals surface area contributed by atoms with Crippen LogP contribution in [-0.4, -0.2) is 15.9 Å². The SMILES string of the molecule is CCc1cccc(NC(=O)CCc2nc3sc4c(c3c(=O)[nH]2)CCCCC4)c1. The van der Waals surface area contributed by atoms with Gasteiger partial charge in [0.2, 0.25) is 5.91 Å². The van der Waals surface area contributed by atoms with E-state index in [1.54, 1.807) is 11.3 Å². The maximum Gasteiger partial charge on any atom is 0.259 e. The molecule has 0 aliphatic heterocycles. The number of fused-ring (bicyclic) bond motifs is 3. The molecule has 0 unspecified atom stereocenters. The lowest BCUT2D eigenvalue weighted by molar-refractivity contribution is -0.116. The number of hydrogen-bond donors (Lipinski definition) is 2. The highest BCUT2D eigenvalue weighted by Crippen LogP contribution is 2.32. The minimum absolute atomic E-state index is 0.0598. The molecule has 3 aromatic rings. The summed E-state index contributed by atoms with van der Waals surface area (Å²) in [7, 11) is 0. The van der Waals surface area contributed by atoms with E-state index in [1.165, 1.54) is 28.8 Å². The Labute approximate surface area is 168 Å². The summed E-state index contributed by atoms with van der Waals surface area (Å²) < 4.78 is 0. The summed E-state index contributed by atoms with van der Waals surface area (Å²) in [5.74, 6) is 0.518. The second-order valence-electron chi connectivity index (χ2n) is 7.36. The van der Waals surface area contributed by atoms with Crippen LogP contribution in [0.4, 0.5) is 5.69 Å². The van der Waals surface area contributed by atoms with E-state index in [2.05, 4.69) is 22.2 Å². The summed E-state index contributed by atoms with van der Waals surface area (Å²) in [6.45, 7) is 2.09. The number of thiophene rings is 1. The average Bonchev–Trinajstić information content (AvgIpc) is 2.88. The Hall–Kier alpha value is -2.47. The van der Waals surface area contributed by atoms with E-state index in [-0.39, 0.29) is 17.9 Å². The summed E-state index contributed by atoms with van der Waals surface area (Å²) in [5, 5.41) is 3.70. The van der Waals surface area contributed by atoms with Crippen LogP contribution >= 0.6 is 11.3 Å². The second kappa shape index (κ2) is 8.27. The van der Waals surface area contributed by atoms with Gasteiger partial charge in [-0.05, 0) is 55.4 Å². The van der Waals surface area contributed by atoms with Crippen molar-refractivity contribution in [2.24, 2.45) is 0 Å². The first kappa shape index (κ1) is 18.9. The molecule has 0 spiro atoms. The third kappa shape index (κ3) is 4.02. The number of benzene rings is 1. The molecule has 0 saturated heterocycles. The van der Waals surface area contributed by atoms with E-state index in [9.17, 15) is 9.59 Å². The molecule has 0 atom stereocenters. The van der Waals surface area contributed by atoms with E-state index >= 15 is 0 Å². The van der Waals surface area contributed by atoms with Gasteiger partial charge in [-0.3, -0.25) is 9.59 Å². The molecule has 1 aliphatic rings. The van der Waals surface area contributed by atoms with Crippen molar-refractivity contribution in [3.8, 4) is 0 Å². The van der Waals surface area contributed by atoms with Gasteiger partial charge in [-0.2, -0.15) is 0 Å². The van der Waals surface area contributed by atoms with Gasteiger partial charge < -0.3 is 10.3 Å². The summed E-state index contributed by atoms with van der Waals surface area (Å²) in [5.41, 5.74) is 3.14. The number of nitrogens with zero attached hydrogens (tertiary/aromatic N) is 1. The van der Waals surface area contributed by atoms with E-state index in [0.717, 1.165) is 41.6 Å². The minimum atomic E-state index is -0.0713. The number of aryl methyl sites for hydroxylation is 4. The Morgan fingerprint density at radius 2 is 2.11 bits per heavy atom. The minimum Gasteiger partial charge on any atom is -0.326 e. The highest BCUT2D eigenvalue weighted by Gasteiger charge is 2.19. The van der Waals surface area contributed by atoms with E-state index in [4.69, 9.17) is 0 Å². The molecule has 28 heavy (non-hydrogen) atoms. The summed E-state index contributed by atoms with van der Waals surface area (Å²) >= 11 is 1.65. The fourth-order valence-electron chi connectivity index (χ4n) is 3.83. The first-order valence-corrected chi connectivity index (χ1v) is 10.9. The molecule has 146 valence electrons. The van der Waals surface area contributed by atoms with Crippen LogP contribution in [0.2, 0.25) is 0 Å². The lowest BCUT2D eigenvalue weighted by Gasteiger charge is -2.07. The van der Waals surface area contributed by atoms with Gasteiger partial charge in [0.25, 0.3) is 5.56 Å². The molecule has 2 heterocycles. The van der Waals surface area contributed by atoms with Crippen LogP contribution in [-0.2, 0) is 30.5 Å². The molecule has 0 radical (unpaired) electrons. The van der Waals surface area contributed by atoms with Crippen LogP contribution in [0.3, 0.4) is 0 Å². The number of aromatic nitrogens is 2. The maximum absolute atomic E-state index is 12.7. The van der Waals surface area contributed by atoms with Gasteiger partial charge in [-0.1, -0.05) is 25.5 Å².